The molecule has 4 N–H and O–H groups in total. The molecule has 0 bridgehead atoms. The quantitative estimate of drug-likeness (QED) is 0.458. The molecule has 1 unspecified atom stereocenters. The van der Waals surface area contributed by atoms with Crippen LogP contribution in [0.2, 0.25) is 0 Å². The van der Waals surface area contributed by atoms with E-state index in [0.717, 1.165) is 50.1 Å². The van der Waals surface area contributed by atoms with Gasteiger partial charge >= 0.3 is 0 Å². The third-order valence-corrected chi connectivity index (χ3v) is 6.16. The Morgan fingerprint density at radius 1 is 1.14 bits per heavy atom. The van der Waals surface area contributed by atoms with E-state index >= 15 is 0 Å². The summed E-state index contributed by atoms with van der Waals surface area (Å²) in [5.74, 6) is -0.764. The second kappa shape index (κ2) is 8.61. The van der Waals surface area contributed by atoms with Crippen molar-refractivity contribution in [3.63, 3.8) is 0 Å². The van der Waals surface area contributed by atoms with Gasteiger partial charge in [-0.15, -0.1) is 0 Å². The molecule has 3 heterocycles. The molecule has 0 spiro atoms. The van der Waals surface area contributed by atoms with Crippen LogP contribution in [0, 0.1) is 0 Å². The zero-order valence-corrected chi connectivity index (χ0v) is 16.7. The number of benzene rings is 1. The van der Waals surface area contributed by atoms with Gasteiger partial charge in [0.05, 0.1) is 0 Å². The minimum Gasteiger partial charge on any atom is -0.328 e. The van der Waals surface area contributed by atoms with E-state index in [0.29, 0.717) is 31.1 Å². The molecule has 3 aliphatic heterocycles. The lowest BCUT2D eigenvalue weighted by Crippen LogP contribution is -2.52. The molecule has 1 aromatic rings. The largest absolute Gasteiger partial charge is 0.328 e. The molecule has 0 aromatic heterocycles. The van der Waals surface area contributed by atoms with E-state index in [9.17, 15) is 14.4 Å². The number of amides is 3. The predicted molar refractivity (Wildman–Crippen MR) is 108 cm³/mol. The molecule has 29 heavy (non-hydrogen) atoms. The maximum Gasteiger partial charge on any atom is 0.255 e. The third kappa shape index (κ3) is 4.49. The fourth-order valence-electron chi connectivity index (χ4n) is 4.36. The van der Waals surface area contributed by atoms with Crippen LogP contribution in [0.25, 0.3) is 0 Å². The Hall–Kier alpha value is -2.29. The summed E-state index contributed by atoms with van der Waals surface area (Å²) in [5.41, 5.74) is 8.61. The highest BCUT2D eigenvalue weighted by Crippen LogP contribution is 2.28. The summed E-state index contributed by atoms with van der Waals surface area (Å²) in [7, 11) is 0. The molecule has 8 heteroatoms. The highest BCUT2D eigenvalue weighted by Gasteiger charge is 2.39. The molecular formula is C21H29N5O3. The van der Waals surface area contributed by atoms with Crippen LogP contribution in [-0.4, -0.2) is 65.8 Å². The number of hydrogen-bond acceptors (Lipinski definition) is 6. The Morgan fingerprint density at radius 2 is 1.93 bits per heavy atom. The van der Waals surface area contributed by atoms with Gasteiger partial charge in [-0.1, -0.05) is 12.1 Å². The maximum absolute atomic E-state index is 12.9. The summed E-state index contributed by atoms with van der Waals surface area (Å²) in [6.45, 7) is 5.14. The van der Waals surface area contributed by atoms with Crippen LogP contribution in [0.5, 0.6) is 0 Å². The van der Waals surface area contributed by atoms with E-state index < -0.39 is 6.04 Å². The van der Waals surface area contributed by atoms with Gasteiger partial charge in [-0.2, -0.15) is 0 Å². The first-order valence-electron chi connectivity index (χ1n) is 10.5. The fraction of sp³-hybridized carbons (Fsp3) is 0.571. The van der Waals surface area contributed by atoms with E-state index in [1.165, 1.54) is 0 Å². The van der Waals surface area contributed by atoms with Gasteiger partial charge in [0, 0.05) is 44.2 Å². The number of carbonyl (C=O) groups excluding carboxylic acids is 3. The zero-order chi connectivity index (χ0) is 20.4. The van der Waals surface area contributed by atoms with Crippen LogP contribution in [0.1, 0.15) is 47.2 Å². The number of carbonyl (C=O) groups is 3. The Balaban J connectivity index is 1.30. The number of piperidine rings is 2. The molecule has 1 aromatic carbocycles. The topological polar surface area (TPSA) is 108 Å². The molecule has 0 aliphatic carbocycles. The normalized spacial score (nSPS) is 23.4. The number of rotatable bonds is 6. The van der Waals surface area contributed by atoms with E-state index in [2.05, 4.69) is 15.5 Å². The molecule has 3 aliphatic rings. The minimum absolute atomic E-state index is 0.124. The lowest BCUT2D eigenvalue weighted by atomic mass is 10.0. The number of nitrogens with one attached hydrogen (secondary N) is 2. The van der Waals surface area contributed by atoms with Gasteiger partial charge in [0.25, 0.3) is 5.91 Å². The van der Waals surface area contributed by atoms with Crippen LogP contribution in [-0.2, 0) is 22.7 Å². The third-order valence-electron chi connectivity index (χ3n) is 6.16. The molecule has 0 saturated carbocycles. The lowest BCUT2D eigenvalue weighted by molar-refractivity contribution is -0.136. The maximum atomic E-state index is 12.9. The van der Waals surface area contributed by atoms with Crippen molar-refractivity contribution < 1.29 is 14.4 Å². The standard InChI is InChI=1S/C21H29N5O3/c22-16-5-8-25(9-6-16)10-7-23-12-14-1-2-15-13-26(21(29)17(15)11-14)18-3-4-19(27)24-20(18)28/h1-2,11,16,18,23H,3-10,12-13,22H2,(H,24,27,28). The monoisotopic (exact) mass is 399 g/mol. The minimum atomic E-state index is -0.563. The Bertz CT molecular complexity index is 804. The van der Waals surface area contributed by atoms with Crippen molar-refractivity contribution in [2.75, 3.05) is 26.2 Å². The summed E-state index contributed by atoms with van der Waals surface area (Å²) in [6.07, 6.45) is 2.79. The van der Waals surface area contributed by atoms with Crippen LogP contribution in [0.3, 0.4) is 0 Å². The van der Waals surface area contributed by atoms with E-state index in [-0.39, 0.29) is 24.1 Å². The zero-order valence-electron chi connectivity index (χ0n) is 16.7. The molecule has 4 rings (SSSR count). The number of nitrogens with zero attached hydrogens (tertiary/aromatic N) is 2. The van der Waals surface area contributed by atoms with Gasteiger partial charge in [-0.3, -0.25) is 19.7 Å². The molecule has 2 fully saturated rings. The Labute approximate surface area is 170 Å². The first-order chi connectivity index (χ1) is 14.0. The van der Waals surface area contributed by atoms with Gasteiger partial charge in [-0.05, 0) is 49.5 Å². The van der Waals surface area contributed by atoms with Crippen molar-refractivity contribution in [2.45, 2.75) is 50.9 Å². The van der Waals surface area contributed by atoms with E-state index in [1.807, 2.05) is 18.2 Å². The highest BCUT2D eigenvalue weighted by atomic mass is 16.2. The lowest BCUT2D eigenvalue weighted by Gasteiger charge is -2.30. The SMILES string of the molecule is NC1CCN(CCNCc2ccc3c(c2)C(=O)N(C2CCC(=O)NC2=O)C3)CC1. The summed E-state index contributed by atoms with van der Waals surface area (Å²) in [6, 6.07) is 5.72. The van der Waals surface area contributed by atoms with Crippen molar-refractivity contribution in [3.8, 4) is 0 Å². The van der Waals surface area contributed by atoms with Gasteiger partial charge in [0.15, 0.2) is 0 Å². The smallest absolute Gasteiger partial charge is 0.255 e. The number of imide groups is 1. The number of fused-ring (bicyclic) bond motifs is 1. The Morgan fingerprint density at radius 3 is 2.69 bits per heavy atom. The van der Waals surface area contributed by atoms with Gasteiger partial charge in [0.1, 0.15) is 6.04 Å². The second-order valence-electron chi connectivity index (χ2n) is 8.25. The van der Waals surface area contributed by atoms with Crippen LogP contribution in [0.4, 0.5) is 0 Å². The second-order valence-corrected chi connectivity index (χ2v) is 8.25. The molecule has 0 radical (unpaired) electrons. The highest BCUT2D eigenvalue weighted by molar-refractivity contribution is 6.05. The van der Waals surface area contributed by atoms with Crippen LogP contribution < -0.4 is 16.4 Å². The molecule has 8 nitrogen and oxygen atoms in total. The van der Waals surface area contributed by atoms with E-state index in [1.54, 1.807) is 4.90 Å². The molecule has 156 valence electrons. The summed E-state index contributed by atoms with van der Waals surface area (Å²) < 4.78 is 0. The average Bonchev–Trinajstić information content (AvgIpc) is 3.03. The van der Waals surface area contributed by atoms with Gasteiger partial charge < -0.3 is 20.9 Å². The molecular weight excluding hydrogens is 370 g/mol. The number of likely N-dealkylation sites (tertiary alicyclic amines) is 1. The molecule has 2 saturated heterocycles. The van der Waals surface area contributed by atoms with Crippen LogP contribution >= 0.6 is 0 Å². The first-order valence-corrected chi connectivity index (χ1v) is 10.5. The first kappa shape index (κ1) is 20.0. The summed E-state index contributed by atoms with van der Waals surface area (Å²) in [5, 5.41) is 5.79. The number of hydrogen-bond donors (Lipinski definition) is 3. The molecule has 3 amide bonds. The average molecular weight is 399 g/mol. The van der Waals surface area contributed by atoms with Crippen molar-refractivity contribution in [2.24, 2.45) is 5.73 Å². The fourth-order valence-corrected chi connectivity index (χ4v) is 4.36. The van der Waals surface area contributed by atoms with E-state index in [4.69, 9.17) is 5.73 Å². The van der Waals surface area contributed by atoms with Gasteiger partial charge in [-0.25, -0.2) is 0 Å². The van der Waals surface area contributed by atoms with Crippen molar-refractivity contribution in [1.82, 2.24) is 20.4 Å². The summed E-state index contributed by atoms with van der Waals surface area (Å²) in [4.78, 5) is 40.4. The van der Waals surface area contributed by atoms with Gasteiger partial charge in [0.2, 0.25) is 11.8 Å². The number of nitrogens with two attached hydrogens (primary N) is 1. The summed E-state index contributed by atoms with van der Waals surface area (Å²) >= 11 is 0. The van der Waals surface area contributed by atoms with Crippen molar-refractivity contribution in [3.05, 3.63) is 34.9 Å². The van der Waals surface area contributed by atoms with Crippen molar-refractivity contribution >= 4 is 17.7 Å². The van der Waals surface area contributed by atoms with Crippen LogP contribution in [0.15, 0.2) is 18.2 Å². The van der Waals surface area contributed by atoms with Crippen molar-refractivity contribution in [1.29, 1.82) is 0 Å². The Kier molecular flexibility index (Phi) is 5.94. The molecule has 1 atom stereocenters. The predicted octanol–water partition coefficient (Wildman–Crippen LogP) is -0.0397.